The number of aryl methyl sites for hydroxylation is 1. The highest BCUT2D eigenvalue weighted by Crippen LogP contribution is 2.28. The number of ether oxygens (including phenoxy) is 1. The first-order valence-electron chi connectivity index (χ1n) is 12.4. The van der Waals surface area contributed by atoms with Gasteiger partial charge in [0.2, 0.25) is 5.91 Å². The average molecular weight is 528 g/mol. The van der Waals surface area contributed by atoms with Crippen molar-refractivity contribution in [1.82, 2.24) is 14.9 Å². The Bertz CT molecular complexity index is 1260. The molecule has 0 aliphatic heterocycles. The van der Waals surface area contributed by atoms with Crippen LogP contribution in [-0.4, -0.2) is 38.4 Å². The number of aromatic carboxylic acids is 1. The third-order valence-electron chi connectivity index (χ3n) is 5.95. The number of hydrogen-bond donors (Lipinski definition) is 3. The Labute approximate surface area is 222 Å². The van der Waals surface area contributed by atoms with E-state index in [1.54, 1.807) is 24.3 Å². The molecule has 0 bridgehead atoms. The lowest BCUT2D eigenvalue weighted by atomic mass is 9.97. The standard InChI is InChI=1S/C28H34FN3O4S/c1-5-23-24(15-30-26(33)25(37)12-17(3)4)32(28(31-23)36-6-2)16-18-10-11-21(27(34)35)22(13-18)19-8-7-9-20(29)14-19/h7-11,13-14,17,25,37H,5-6,12,15-16H2,1-4H3,(H,30,33)(H,34,35). The third kappa shape index (κ3) is 7.13. The first-order valence-corrected chi connectivity index (χ1v) is 12.9. The van der Waals surface area contributed by atoms with Gasteiger partial charge in [-0.3, -0.25) is 9.36 Å². The number of aromatic nitrogens is 2. The molecule has 0 spiro atoms. The Balaban J connectivity index is 1.99. The van der Waals surface area contributed by atoms with Gasteiger partial charge in [0.05, 0.1) is 41.9 Å². The zero-order valence-electron chi connectivity index (χ0n) is 21.6. The summed E-state index contributed by atoms with van der Waals surface area (Å²) in [5, 5.41) is 12.3. The second kappa shape index (κ2) is 12.8. The van der Waals surface area contributed by atoms with E-state index in [0.717, 1.165) is 17.0 Å². The fraction of sp³-hybridized carbons (Fsp3) is 0.393. The van der Waals surface area contributed by atoms with Crippen LogP contribution in [0.5, 0.6) is 6.01 Å². The number of rotatable bonds is 12. The van der Waals surface area contributed by atoms with Crippen LogP contribution in [-0.2, 0) is 24.3 Å². The van der Waals surface area contributed by atoms with Gasteiger partial charge in [-0.1, -0.05) is 39.0 Å². The molecule has 2 N–H and O–H groups in total. The van der Waals surface area contributed by atoms with Crippen molar-refractivity contribution in [3.8, 4) is 17.1 Å². The van der Waals surface area contributed by atoms with Crippen LogP contribution in [0.1, 0.15) is 61.4 Å². The molecule has 1 heterocycles. The van der Waals surface area contributed by atoms with Crippen molar-refractivity contribution < 1.29 is 23.8 Å². The number of hydrogen-bond acceptors (Lipinski definition) is 5. The molecule has 0 aliphatic carbocycles. The fourth-order valence-electron chi connectivity index (χ4n) is 4.19. The first kappa shape index (κ1) is 28.2. The van der Waals surface area contributed by atoms with E-state index in [1.807, 2.05) is 32.3 Å². The third-order valence-corrected chi connectivity index (χ3v) is 6.39. The maximum Gasteiger partial charge on any atom is 0.336 e. The Hall–Kier alpha value is -3.33. The van der Waals surface area contributed by atoms with Crippen LogP contribution in [0.25, 0.3) is 11.1 Å². The predicted molar refractivity (Wildman–Crippen MR) is 145 cm³/mol. The highest BCUT2D eigenvalue weighted by molar-refractivity contribution is 7.81. The molecular weight excluding hydrogens is 493 g/mol. The number of imidazole rings is 1. The minimum absolute atomic E-state index is 0.0803. The van der Waals surface area contributed by atoms with Crippen LogP contribution in [0.4, 0.5) is 4.39 Å². The molecule has 0 fully saturated rings. The second-order valence-electron chi connectivity index (χ2n) is 9.22. The van der Waals surface area contributed by atoms with E-state index in [2.05, 4.69) is 22.9 Å². The van der Waals surface area contributed by atoms with Gasteiger partial charge in [-0.15, -0.1) is 0 Å². The van der Waals surface area contributed by atoms with E-state index in [9.17, 15) is 19.1 Å². The maximum atomic E-state index is 13.9. The molecule has 3 rings (SSSR count). The average Bonchev–Trinajstić information content (AvgIpc) is 3.18. The van der Waals surface area contributed by atoms with E-state index in [4.69, 9.17) is 4.74 Å². The van der Waals surface area contributed by atoms with Crippen molar-refractivity contribution in [2.75, 3.05) is 6.61 Å². The van der Waals surface area contributed by atoms with Gasteiger partial charge in [-0.05, 0) is 66.6 Å². The molecule has 0 aliphatic rings. The maximum absolute atomic E-state index is 13.9. The highest BCUT2D eigenvalue weighted by atomic mass is 32.1. The molecule has 0 radical (unpaired) electrons. The van der Waals surface area contributed by atoms with Crippen molar-refractivity contribution in [2.45, 2.75) is 58.9 Å². The van der Waals surface area contributed by atoms with Crippen molar-refractivity contribution in [3.63, 3.8) is 0 Å². The van der Waals surface area contributed by atoms with Crippen LogP contribution in [0.2, 0.25) is 0 Å². The number of nitrogens with zero attached hydrogens (tertiary/aromatic N) is 2. The lowest BCUT2D eigenvalue weighted by molar-refractivity contribution is -0.121. The zero-order chi connectivity index (χ0) is 27.1. The molecular formula is C28H34FN3O4S. The van der Waals surface area contributed by atoms with Gasteiger partial charge < -0.3 is 15.2 Å². The zero-order valence-corrected chi connectivity index (χ0v) is 22.5. The van der Waals surface area contributed by atoms with Gasteiger partial charge in [0.15, 0.2) is 0 Å². The van der Waals surface area contributed by atoms with Gasteiger partial charge >= 0.3 is 5.97 Å². The van der Waals surface area contributed by atoms with Crippen LogP contribution in [0.15, 0.2) is 42.5 Å². The molecule has 7 nitrogen and oxygen atoms in total. The summed E-state index contributed by atoms with van der Waals surface area (Å²) in [5.41, 5.74) is 3.36. The largest absolute Gasteiger partial charge is 0.478 e. The van der Waals surface area contributed by atoms with Crippen LogP contribution in [0.3, 0.4) is 0 Å². The topological polar surface area (TPSA) is 93.5 Å². The first-order chi connectivity index (χ1) is 17.6. The van der Waals surface area contributed by atoms with E-state index < -0.39 is 17.0 Å². The van der Waals surface area contributed by atoms with Gasteiger partial charge in [0.25, 0.3) is 6.01 Å². The summed E-state index contributed by atoms with van der Waals surface area (Å²) in [6, 6.07) is 11.3. The van der Waals surface area contributed by atoms with E-state index in [0.29, 0.717) is 49.0 Å². The Morgan fingerprint density at radius 1 is 1.19 bits per heavy atom. The Morgan fingerprint density at radius 2 is 1.95 bits per heavy atom. The molecule has 0 saturated heterocycles. The molecule has 2 aromatic carbocycles. The molecule has 9 heteroatoms. The summed E-state index contributed by atoms with van der Waals surface area (Å²) >= 11 is 4.45. The molecule has 1 aromatic heterocycles. The lowest BCUT2D eigenvalue weighted by Crippen LogP contribution is -2.32. The van der Waals surface area contributed by atoms with E-state index >= 15 is 0 Å². The molecule has 0 saturated carbocycles. The number of carboxylic acids is 1. The smallest absolute Gasteiger partial charge is 0.336 e. The Morgan fingerprint density at radius 3 is 2.57 bits per heavy atom. The molecule has 1 amide bonds. The summed E-state index contributed by atoms with van der Waals surface area (Å²) < 4.78 is 21.6. The molecule has 3 aromatic rings. The number of amides is 1. The van der Waals surface area contributed by atoms with Crippen LogP contribution < -0.4 is 10.1 Å². The van der Waals surface area contributed by atoms with Gasteiger partial charge in [0, 0.05) is 0 Å². The number of thiol groups is 1. The minimum Gasteiger partial charge on any atom is -0.478 e. The summed E-state index contributed by atoms with van der Waals surface area (Å²) in [6.45, 7) is 8.93. The minimum atomic E-state index is -1.09. The number of carbonyl (C=O) groups is 2. The molecule has 1 atom stereocenters. The number of carbonyl (C=O) groups excluding carboxylic acids is 1. The highest BCUT2D eigenvalue weighted by Gasteiger charge is 2.21. The van der Waals surface area contributed by atoms with E-state index in [-0.39, 0.29) is 18.0 Å². The number of nitrogens with one attached hydrogen (secondary N) is 1. The summed E-state index contributed by atoms with van der Waals surface area (Å²) in [6.07, 6.45) is 1.30. The predicted octanol–water partition coefficient (Wildman–Crippen LogP) is 5.36. The normalized spacial score (nSPS) is 12.0. The SMILES string of the molecule is CCOc1nc(CC)c(CNC(=O)C(S)CC(C)C)n1Cc1ccc(C(=O)O)c(-c2cccc(F)c2)c1. The van der Waals surface area contributed by atoms with Gasteiger partial charge in [0.1, 0.15) is 5.82 Å². The fourth-order valence-corrected chi connectivity index (χ4v) is 4.70. The number of carboxylic acid groups (broad SMARTS) is 1. The number of halogens is 1. The van der Waals surface area contributed by atoms with Gasteiger partial charge in [-0.25, -0.2) is 9.18 Å². The van der Waals surface area contributed by atoms with Crippen molar-refractivity contribution in [3.05, 3.63) is 70.8 Å². The summed E-state index contributed by atoms with van der Waals surface area (Å²) in [4.78, 5) is 29.2. The summed E-state index contributed by atoms with van der Waals surface area (Å²) in [5.74, 6) is -1.35. The van der Waals surface area contributed by atoms with Crippen molar-refractivity contribution in [2.24, 2.45) is 5.92 Å². The van der Waals surface area contributed by atoms with Gasteiger partial charge in [-0.2, -0.15) is 17.6 Å². The molecule has 198 valence electrons. The van der Waals surface area contributed by atoms with E-state index in [1.165, 1.54) is 18.2 Å². The number of benzene rings is 2. The Kier molecular flexibility index (Phi) is 9.74. The molecule has 1 unspecified atom stereocenters. The van der Waals surface area contributed by atoms with Crippen LogP contribution >= 0.6 is 12.6 Å². The lowest BCUT2D eigenvalue weighted by Gasteiger charge is -2.17. The quantitative estimate of drug-likeness (QED) is 0.276. The van der Waals surface area contributed by atoms with Crippen LogP contribution in [0, 0.1) is 11.7 Å². The van der Waals surface area contributed by atoms with Crippen molar-refractivity contribution in [1.29, 1.82) is 0 Å². The molecule has 37 heavy (non-hydrogen) atoms. The monoisotopic (exact) mass is 527 g/mol. The summed E-state index contributed by atoms with van der Waals surface area (Å²) in [7, 11) is 0. The second-order valence-corrected chi connectivity index (χ2v) is 9.84. The van der Waals surface area contributed by atoms with Crippen molar-refractivity contribution >= 4 is 24.5 Å².